The van der Waals surface area contributed by atoms with Gasteiger partial charge in [0, 0.05) is 0 Å². The summed E-state index contributed by atoms with van der Waals surface area (Å²) in [7, 11) is 0. The van der Waals surface area contributed by atoms with Crippen LogP contribution < -0.4 is 5.32 Å². The Morgan fingerprint density at radius 1 is 1.67 bits per heavy atom. The summed E-state index contributed by atoms with van der Waals surface area (Å²) in [5, 5.41) is 15.6. The van der Waals surface area contributed by atoms with Crippen LogP contribution in [0.3, 0.4) is 0 Å². The molecule has 6 heteroatoms. The van der Waals surface area contributed by atoms with E-state index in [-0.39, 0.29) is 0 Å². The van der Waals surface area contributed by atoms with Gasteiger partial charge in [-0.25, -0.2) is 0 Å². The van der Waals surface area contributed by atoms with Crippen LogP contribution in [0.4, 0.5) is 0 Å². The van der Waals surface area contributed by atoms with Crippen molar-refractivity contribution < 1.29 is 14.4 Å². The van der Waals surface area contributed by atoms with Crippen LogP contribution in [0.25, 0.3) is 0 Å². The molecule has 0 aromatic carbocycles. The van der Waals surface area contributed by atoms with Gasteiger partial charge in [-0.05, 0) is 26.2 Å². The van der Waals surface area contributed by atoms with Gasteiger partial charge in [0.15, 0.2) is 5.82 Å². The second kappa shape index (κ2) is 3.62. The standard InChI is InChI=1S/C9H13N3O3/c1-6-11-7(15-12-6)5-10-9(8(13)14)3-2-4-9/h10H,2-5H2,1H3,(H,13,14). The zero-order valence-electron chi connectivity index (χ0n) is 8.49. The molecule has 0 atom stereocenters. The van der Waals surface area contributed by atoms with Gasteiger partial charge < -0.3 is 9.63 Å². The lowest BCUT2D eigenvalue weighted by molar-refractivity contribution is -0.149. The Morgan fingerprint density at radius 2 is 2.40 bits per heavy atom. The summed E-state index contributed by atoms with van der Waals surface area (Å²) in [6.07, 6.45) is 2.27. The summed E-state index contributed by atoms with van der Waals surface area (Å²) in [6.45, 7) is 2.04. The maximum Gasteiger partial charge on any atom is 0.323 e. The molecular weight excluding hydrogens is 198 g/mol. The lowest BCUT2D eigenvalue weighted by Gasteiger charge is -2.38. The van der Waals surface area contributed by atoms with Crippen LogP contribution in [0, 0.1) is 6.92 Å². The molecule has 1 saturated carbocycles. The highest BCUT2D eigenvalue weighted by Crippen LogP contribution is 2.32. The predicted octanol–water partition coefficient (Wildman–Crippen LogP) is 0.475. The first-order chi connectivity index (χ1) is 7.12. The number of nitrogens with one attached hydrogen (secondary N) is 1. The molecule has 2 N–H and O–H groups in total. The molecule has 1 aromatic heterocycles. The van der Waals surface area contributed by atoms with Gasteiger partial charge in [0.05, 0.1) is 6.54 Å². The summed E-state index contributed by atoms with van der Waals surface area (Å²) in [5.74, 6) is 0.190. The molecule has 0 radical (unpaired) electrons. The van der Waals surface area contributed by atoms with Gasteiger partial charge in [-0.3, -0.25) is 10.1 Å². The van der Waals surface area contributed by atoms with Gasteiger partial charge in [-0.2, -0.15) is 4.98 Å². The molecule has 0 bridgehead atoms. The van der Waals surface area contributed by atoms with Crippen molar-refractivity contribution in [1.82, 2.24) is 15.5 Å². The van der Waals surface area contributed by atoms with Crippen molar-refractivity contribution in [3.63, 3.8) is 0 Å². The fourth-order valence-corrected chi connectivity index (χ4v) is 1.65. The highest BCUT2D eigenvalue weighted by atomic mass is 16.5. The first kappa shape index (κ1) is 10.1. The molecule has 2 rings (SSSR count). The third-order valence-electron chi connectivity index (χ3n) is 2.76. The third-order valence-corrected chi connectivity index (χ3v) is 2.76. The number of aromatic nitrogens is 2. The zero-order valence-corrected chi connectivity index (χ0v) is 8.49. The fourth-order valence-electron chi connectivity index (χ4n) is 1.65. The second-order valence-electron chi connectivity index (χ2n) is 3.83. The Bertz CT molecular complexity index is 370. The minimum Gasteiger partial charge on any atom is -0.480 e. The summed E-state index contributed by atoms with van der Waals surface area (Å²) >= 11 is 0. The van der Waals surface area contributed by atoms with E-state index in [0.717, 1.165) is 6.42 Å². The molecule has 82 valence electrons. The minimum absolute atomic E-state index is 0.313. The van der Waals surface area contributed by atoms with Gasteiger partial charge in [-0.15, -0.1) is 0 Å². The second-order valence-corrected chi connectivity index (χ2v) is 3.83. The van der Waals surface area contributed by atoms with Gasteiger partial charge in [-0.1, -0.05) is 5.16 Å². The molecule has 1 heterocycles. The molecule has 1 aliphatic carbocycles. The van der Waals surface area contributed by atoms with E-state index < -0.39 is 11.5 Å². The van der Waals surface area contributed by atoms with E-state index >= 15 is 0 Å². The van der Waals surface area contributed by atoms with Crippen molar-refractivity contribution in [2.45, 2.75) is 38.3 Å². The SMILES string of the molecule is Cc1noc(CNC2(C(=O)O)CCC2)n1. The molecular formula is C9H13N3O3. The first-order valence-electron chi connectivity index (χ1n) is 4.90. The number of hydrogen-bond acceptors (Lipinski definition) is 5. The number of hydrogen-bond donors (Lipinski definition) is 2. The fraction of sp³-hybridized carbons (Fsp3) is 0.667. The summed E-state index contributed by atoms with van der Waals surface area (Å²) in [4.78, 5) is 15.0. The van der Waals surface area contributed by atoms with E-state index in [1.165, 1.54) is 0 Å². The first-order valence-corrected chi connectivity index (χ1v) is 4.90. The van der Waals surface area contributed by atoms with Crippen LogP contribution in [0.1, 0.15) is 31.0 Å². The van der Waals surface area contributed by atoms with Crippen LogP contribution in [0.2, 0.25) is 0 Å². The van der Waals surface area contributed by atoms with E-state index in [9.17, 15) is 4.79 Å². The van der Waals surface area contributed by atoms with Gasteiger partial charge in [0.2, 0.25) is 5.89 Å². The normalized spacial score (nSPS) is 18.5. The molecule has 0 amide bonds. The van der Waals surface area contributed by atoms with Gasteiger partial charge >= 0.3 is 5.97 Å². The van der Waals surface area contributed by atoms with Crippen LogP contribution >= 0.6 is 0 Å². The zero-order chi connectivity index (χ0) is 10.9. The lowest BCUT2D eigenvalue weighted by atomic mass is 9.77. The maximum atomic E-state index is 11.0. The molecule has 0 spiro atoms. The summed E-state index contributed by atoms with van der Waals surface area (Å²) in [5.41, 5.74) is -0.775. The Hall–Kier alpha value is -1.43. The van der Waals surface area contributed by atoms with Crippen molar-refractivity contribution in [2.24, 2.45) is 0 Å². The van der Waals surface area contributed by atoms with Gasteiger partial charge in [0.1, 0.15) is 5.54 Å². The topological polar surface area (TPSA) is 88.2 Å². The smallest absolute Gasteiger partial charge is 0.323 e. The van der Waals surface area contributed by atoms with Crippen molar-refractivity contribution in [2.75, 3.05) is 0 Å². The number of carboxylic acids is 1. The van der Waals surface area contributed by atoms with Crippen LogP contribution in [0.15, 0.2) is 4.52 Å². The molecule has 1 aliphatic rings. The minimum atomic E-state index is -0.801. The Morgan fingerprint density at radius 3 is 2.80 bits per heavy atom. The molecule has 1 aromatic rings. The summed E-state index contributed by atoms with van der Waals surface area (Å²) < 4.78 is 4.89. The maximum absolute atomic E-state index is 11.0. The van der Waals surface area contributed by atoms with Crippen LogP contribution in [-0.4, -0.2) is 26.8 Å². The summed E-state index contributed by atoms with van der Waals surface area (Å²) in [6, 6.07) is 0. The van der Waals surface area contributed by atoms with Gasteiger partial charge in [0.25, 0.3) is 0 Å². The van der Waals surface area contributed by atoms with E-state index in [2.05, 4.69) is 15.5 Å². The number of carbonyl (C=O) groups is 1. The van der Waals surface area contributed by atoms with E-state index in [4.69, 9.17) is 9.63 Å². The largest absolute Gasteiger partial charge is 0.480 e. The van der Waals surface area contributed by atoms with E-state index in [1.807, 2.05) is 0 Å². The quantitative estimate of drug-likeness (QED) is 0.752. The molecule has 0 aliphatic heterocycles. The third kappa shape index (κ3) is 1.85. The van der Waals surface area contributed by atoms with E-state index in [1.54, 1.807) is 6.92 Å². The number of carboxylic acid groups (broad SMARTS) is 1. The van der Waals surface area contributed by atoms with Crippen molar-refractivity contribution in [3.05, 3.63) is 11.7 Å². The van der Waals surface area contributed by atoms with Crippen molar-refractivity contribution in [1.29, 1.82) is 0 Å². The average Bonchev–Trinajstić information content (AvgIpc) is 2.49. The monoisotopic (exact) mass is 211 g/mol. The van der Waals surface area contributed by atoms with Crippen LogP contribution in [-0.2, 0) is 11.3 Å². The number of rotatable bonds is 4. The molecule has 1 fully saturated rings. The predicted molar refractivity (Wildman–Crippen MR) is 50.1 cm³/mol. The highest BCUT2D eigenvalue weighted by Gasteiger charge is 2.44. The number of aryl methyl sites for hydroxylation is 1. The molecule has 6 nitrogen and oxygen atoms in total. The lowest BCUT2D eigenvalue weighted by Crippen LogP contribution is -2.56. The molecule has 0 saturated heterocycles. The highest BCUT2D eigenvalue weighted by molar-refractivity contribution is 5.79. The van der Waals surface area contributed by atoms with Crippen molar-refractivity contribution >= 4 is 5.97 Å². The number of nitrogens with zero attached hydrogens (tertiary/aromatic N) is 2. The number of aliphatic carboxylic acids is 1. The average molecular weight is 211 g/mol. The Kier molecular flexibility index (Phi) is 2.44. The Labute approximate surface area is 86.7 Å². The Balaban J connectivity index is 1.95. The van der Waals surface area contributed by atoms with Crippen LogP contribution in [0.5, 0.6) is 0 Å². The molecule has 15 heavy (non-hydrogen) atoms. The van der Waals surface area contributed by atoms with E-state index in [0.29, 0.717) is 31.1 Å². The van der Waals surface area contributed by atoms with Crippen molar-refractivity contribution in [3.8, 4) is 0 Å². The molecule has 0 unspecified atom stereocenters.